The number of hydrogen-bond acceptors (Lipinski definition) is 1. The molecule has 0 unspecified atom stereocenters. The number of benzene rings is 1. The zero-order valence-corrected chi connectivity index (χ0v) is 12.0. The fraction of sp³-hybridized carbons (Fsp3) is 0.600. The lowest BCUT2D eigenvalue weighted by Gasteiger charge is -2.25. The van der Waals surface area contributed by atoms with Crippen LogP contribution in [0.1, 0.15) is 39.2 Å². The van der Waals surface area contributed by atoms with Crippen LogP contribution >= 0.6 is 11.6 Å². The highest BCUT2D eigenvalue weighted by molar-refractivity contribution is 6.30. The van der Waals surface area contributed by atoms with Crippen molar-refractivity contribution in [2.45, 2.75) is 40.0 Å². The fourth-order valence-electron chi connectivity index (χ4n) is 2.02. The summed E-state index contributed by atoms with van der Waals surface area (Å²) in [6, 6.07) is 8.19. The largest absolute Gasteiger partial charge is 0.317 e. The molecule has 1 aromatic carbocycles. The predicted molar refractivity (Wildman–Crippen MR) is 76.7 cm³/mol. The Labute approximate surface area is 111 Å². The predicted octanol–water partition coefficient (Wildman–Crippen LogP) is 4.30. The first kappa shape index (κ1) is 14.5. The van der Waals surface area contributed by atoms with Crippen molar-refractivity contribution in [2.75, 3.05) is 13.1 Å². The Morgan fingerprint density at radius 1 is 1.24 bits per heavy atom. The maximum absolute atomic E-state index is 6.01. The summed E-state index contributed by atoms with van der Waals surface area (Å²) in [7, 11) is 0. The molecule has 0 aliphatic heterocycles. The van der Waals surface area contributed by atoms with Crippen LogP contribution in [0.5, 0.6) is 0 Å². The molecule has 0 saturated heterocycles. The number of nitrogens with one attached hydrogen (secondary N) is 1. The van der Waals surface area contributed by atoms with E-state index in [2.05, 4.69) is 38.2 Å². The molecule has 0 aliphatic rings. The number of halogens is 1. The van der Waals surface area contributed by atoms with Crippen LogP contribution in [0.4, 0.5) is 0 Å². The van der Waals surface area contributed by atoms with Gasteiger partial charge in [0.2, 0.25) is 0 Å². The third kappa shape index (κ3) is 6.09. The normalized spacial score (nSPS) is 11.8. The summed E-state index contributed by atoms with van der Waals surface area (Å²) in [5.41, 5.74) is 1.66. The summed E-state index contributed by atoms with van der Waals surface area (Å²) >= 11 is 6.01. The van der Waals surface area contributed by atoms with E-state index in [0.29, 0.717) is 5.41 Å². The summed E-state index contributed by atoms with van der Waals surface area (Å²) < 4.78 is 0. The van der Waals surface area contributed by atoms with Gasteiger partial charge in [0.15, 0.2) is 0 Å². The maximum atomic E-state index is 6.01. The first-order chi connectivity index (χ1) is 8.03. The molecule has 96 valence electrons. The second-order valence-corrected chi connectivity index (χ2v) is 5.91. The zero-order chi connectivity index (χ0) is 12.7. The fourth-order valence-corrected chi connectivity index (χ4v) is 2.23. The van der Waals surface area contributed by atoms with Crippen molar-refractivity contribution in [3.8, 4) is 0 Å². The second kappa shape index (κ2) is 7.03. The van der Waals surface area contributed by atoms with Crippen molar-refractivity contribution in [1.29, 1.82) is 0 Å². The smallest absolute Gasteiger partial charge is 0.0408 e. The molecule has 0 heterocycles. The lowest BCUT2D eigenvalue weighted by Crippen LogP contribution is -2.24. The van der Waals surface area contributed by atoms with Gasteiger partial charge in [-0.25, -0.2) is 0 Å². The quantitative estimate of drug-likeness (QED) is 0.715. The Kier molecular flexibility index (Phi) is 6.01. The van der Waals surface area contributed by atoms with Crippen molar-refractivity contribution in [3.05, 3.63) is 34.9 Å². The van der Waals surface area contributed by atoms with Crippen molar-refractivity contribution in [1.82, 2.24) is 5.32 Å². The van der Waals surface area contributed by atoms with Gasteiger partial charge in [0.25, 0.3) is 0 Å². The molecule has 0 atom stereocenters. The standard InChI is InChI=1S/C15H24ClN/c1-4-9-17-10-8-15(2,3)12-13-6-5-7-14(16)11-13/h5-7,11,17H,4,8-10,12H2,1-3H3. The minimum Gasteiger partial charge on any atom is -0.317 e. The minimum absolute atomic E-state index is 0.325. The minimum atomic E-state index is 0.325. The maximum Gasteiger partial charge on any atom is 0.0408 e. The van der Waals surface area contributed by atoms with Crippen molar-refractivity contribution < 1.29 is 0 Å². The summed E-state index contributed by atoms with van der Waals surface area (Å²) in [5.74, 6) is 0. The molecule has 1 N–H and O–H groups in total. The summed E-state index contributed by atoms with van der Waals surface area (Å²) in [6.45, 7) is 9.06. The molecule has 0 amide bonds. The first-order valence-electron chi connectivity index (χ1n) is 6.49. The number of rotatable bonds is 7. The highest BCUT2D eigenvalue weighted by Crippen LogP contribution is 2.26. The highest BCUT2D eigenvalue weighted by atomic mass is 35.5. The van der Waals surface area contributed by atoms with Gasteiger partial charge in [-0.15, -0.1) is 0 Å². The van der Waals surface area contributed by atoms with Crippen LogP contribution in [0.25, 0.3) is 0 Å². The topological polar surface area (TPSA) is 12.0 Å². The summed E-state index contributed by atoms with van der Waals surface area (Å²) in [4.78, 5) is 0. The average Bonchev–Trinajstić information content (AvgIpc) is 2.24. The van der Waals surface area contributed by atoms with Crippen LogP contribution < -0.4 is 5.32 Å². The van der Waals surface area contributed by atoms with Crippen molar-refractivity contribution in [3.63, 3.8) is 0 Å². The molecule has 0 bridgehead atoms. The Morgan fingerprint density at radius 3 is 2.65 bits per heavy atom. The Morgan fingerprint density at radius 2 is 2.00 bits per heavy atom. The van der Waals surface area contributed by atoms with E-state index in [1.807, 2.05) is 12.1 Å². The SMILES string of the molecule is CCCNCCC(C)(C)Cc1cccc(Cl)c1. The summed E-state index contributed by atoms with van der Waals surface area (Å²) in [6.07, 6.45) is 3.48. The van der Waals surface area contributed by atoms with E-state index in [1.54, 1.807) is 0 Å². The third-order valence-corrected chi connectivity index (χ3v) is 3.21. The van der Waals surface area contributed by atoms with E-state index in [1.165, 1.54) is 18.4 Å². The van der Waals surface area contributed by atoms with Crippen LogP contribution in [0.3, 0.4) is 0 Å². The molecule has 0 fully saturated rings. The monoisotopic (exact) mass is 253 g/mol. The van der Waals surface area contributed by atoms with Gasteiger partial charge in [-0.3, -0.25) is 0 Å². The van der Waals surface area contributed by atoms with E-state index >= 15 is 0 Å². The Balaban J connectivity index is 2.42. The van der Waals surface area contributed by atoms with Crippen molar-refractivity contribution in [2.24, 2.45) is 5.41 Å². The highest BCUT2D eigenvalue weighted by Gasteiger charge is 2.17. The van der Waals surface area contributed by atoms with Gasteiger partial charge in [0, 0.05) is 5.02 Å². The molecular formula is C15H24ClN. The lowest BCUT2D eigenvalue weighted by molar-refractivity contribution is 0.325. The summed E-state index contributed by atoms with van der Waals surface area (Å²) in [5, 5.41) is 4.30. The molecule has 0 aliphatic carbocycles. The molecule has 2 heteroatoms. The van der Waals surface area contributed by atoms with Gasteiger partial charge in [0.05, 0.1) is 0 Å². The van der Waals surface area contributed by atoms with E-state index in [9.17, 15) is 0 Å². The van der Waals surface area contributed by atoms with Gasteiger partial charge >= 0.3 is 0 Å². The van der Waals surface area contributed by atoms with Crippen LogP contribution in [0.15, 0.2) is 24.3 Å². The van der Waals surface area contributed by atoms with E-state index < -0.39 is 0 Å². The molecule has 0 saturated carbocycles. The van der Waals surface area contributed by atoms with E-state index in [0.717, 1.165) is 24.5 Å². The van der Waals surface area contributed by atoms with Gasteiger partial charge < -0.3 is 5.32 Å². The van der Waals surface area contributed by atoms with E-state index in [4.69, 9.17) is 11.6 Å². The van der Waals surface area contributed by atoms with Gasteiger partial charge in [0.1, 0.15) is 0 Å². The van der Waals surface area contributed by atoms with Crippen LogP contribution in [-0.4, -0.2) is 13.1 Å². The van der Waals surface area contributed by atoms with Crippen LogP contribution in [0.2, 0.25) is 5.02 Å². The molecule has 1 rings (SSSR count). The first-order valence-corrected chi connectivity index (χ1v) is 6.86. The number of hydrogen-bond donors (Lipinski definition) is 1. The molecular weight excluding hydrogens is 230 g/mol. The molecule has 1 aromatic rings. The van der Waals surface area contributed by atoms with Gasteiger partial charge in [-0.1, -0.05) is 44.5 Å². The lowest BCUT2D eigenvalue weighted by atomic mass is 9.82. The zero-order valence-electron chi connectivity index (χ0n) is 11.2. The van der Waals surface area contributed by atoms with Crippen LogP contribution in [0, 0.1) is 5.41 Å². The Bertz CT molecular complexity index is 333. The van der Waals surface area contributed by atoms with Gasteiger partial charge in [-0.05, 0) is 55.5 Å². The Hall–Kier alpha value is -0.530. The van der Waals surface area contributed by atoms with Crippen molar-refractivity contribution >= 4 is 11.6 Å². The molecule has 0 radical (unpaired) electrons. The second-order valence-electron chi connectivity index (χ2n) is 5.47. The van der Waals surface area contributed by atoms with Gasteiger partial charge in [-0.2, -0.15) is 0 Å². The van der Waals surface area contributed by atoms with E-state index in [-0.39, 0.29) is 0 Å². The molecule has 17 heavy (non-hydrogen) atoms. The third-order valence-electron chi connectivity index (χ3n) is 2.98. The molecule has 0 aromatic heterocycles. The molecule has 1 nitrogen and oxygen atoms in total. The molecule has 0 spiro atoms. The van der Waals surface area contributed by atoms with Crippen LogP contribution in [-0.2, 0) is 6.42 Å². The average molecular weight is 254 g/mol.